The van der Waals surface area contributed by atoms with E-state index < -0.39 is 27.5 Å². The van der Waals surface area contributed by atoms with Gasteiger partial charge in [0, 0.05) is 17.0 Å². The molecule has 0 spiro atoms. The maximum atomic E-state index is 13.7. The second-order valence-electron chi connectivity index (χ2n) is 5.79. The maximum Gasteiger partial charge on any atom is 0.434 e. The summed E-state index contributed by atoms with van der Waals surface area (Å²) in [7, 11) is 0. The zero-order chi connectivity index (χ0) is 20.5. The second kappa shape index (κ2) is 7.47. The average molecular weight is 407 g/mol. The number of rotatable bonds is 4. The Bertz CT molecular complexity index is 1030. The lowest BCUT2D eigenvalue weighted by Gasteiger charge is -2.12. The summed E-state index contributed by atoms with van der Waals surface area (Å²) in [6, 6.07) is 11.2. The number of alkyl halides is 3. The molecule has 0 fully saturated rings. The number of nitro benzene ring substituents is 1. The number of aryl methyl sites for hydroxylation is 1. The van der Waals surface area contributed by atoms with Crippen LogP contribution in [0.3, 0.4) is 0 Å². The second-order valence-corrected chi connectivity index (χ2v) is 6.84. The average Bonchev–Trinajstić information content (AvgIpc) is 3.09. The monoisotopic (exact) mass is 407 g/mol. The Morgan fingerprint density at radius 2 is 1.71 bits per heavy atom. The van der Waals surface area contributed by atoms with Crippen molar-refractivity contribution in [3.05, 3.63) is 81.7 Å². The number of carbonyl (C=O) groups excluding carboxylic acids is 1. The summed E-state index contributed by atoms with van der Waals surface area (Å²) in [5.41, 5.74) is -1.17. The minimum Gasteiger partial charge on any atom is -0.281 e. The van der Waals surface area contributed by atoms with Gasteiger partial charge in [-0.2, -0.15) is 18.3 Å². The van der Waals surface area contributed by atoms with E-state index in [9.17, 15) is 28.1 Å². The molecule has 0 saturated heterocycles. The third-order valence-corrected chi connectivity index (χ3v) is 4.71. The first kappa shape index (κ1) is 19.6. The lowest BCUT2D eigenvalue weighted by atomic mass is 10.2. The van der Waals surface area contributed by atoms with Crippen LogP contribution in [0.4, 0.5) is 18.9 Å². The van der Waals surface area contributed by atoms with Gasteiger partial charge in [0.1, 0.15) is 0 Å². The molecule has 0 atom stereocenters. The molecule has 1 aromatic heterocycles. The smallest absolute Gasteiger partial charge is 0.281 e. The number of hydrogen-bond acceptors (Lipinski definition) is 5. The highest BCUT2D eigenvalue weighted by Gasteiger charge is 2.40. The molecule has 144 valence electrons. The molecule has 0 N–H and O–H groups in total. The van der Waals surface area contributed by atoms with Crippen LogP contribution < -0.4 is 0 Å². The molecule has 0 unspecified atom stereocenters. The first-order chi connectivity index (χ1) is 13.2. The molecular formula is C18H12F3N3O3S. The molecule has 0 bridgehead atoms. The summed E-state index contributed by atoms with van der Waals surface area (Å²) in [5.74, 6) is 0. The van der Waals surface area contributed by atoms with Crippen LogP contribution in [0.2, 0.25) is 0 Å². The molecule has 0 amide bonds. The van der Waals surface area contributed by atoms with E-state index in [2.05, 4.69) is 5.10 Å². The summed E-state index contributed by atoms with van der Waals surface area (Å²) in [5, 5.41) is 13.6. The Balaban J connectivity index is 1.99. The molecule has 3 rings (SSSR count). The predicted molar refractivity (Wildman–Crippen MR) is 96.6 cm³/mol. The Labute approximate surface area is 161 Å². The molecule has 0 aliphatic rings. The number of aromatic nitrogens is 2. The SMILES string of the molecule is Cc1ccc(SC(=O)c2cnn(-c3ccc([N+](=O)[O-])cc3)c2C(F)(F)F)cc1. The molecule has 1 heterocycles. The van der Waals surface area contributed by atoms with Gasteiger partial charge in [-0.3, -0.25) is 14.9 Å². The lowest BCUT2D eigenvalue weighted by molar-refractivity contribution is -0.384. The van der Waals surface area contributed by atoms with E-state index in [1.807, 2.05) is 6.92 Å². The van der Waals surface area contributed by atoms with Gasteiger partial charge >= 0.3 is 6.18 Å². The fraction of sp³-hybridized carbons (Fsp3) is 0.111. The van der Waals surface area contributed by atoms with E-state index in [1.165, 1.54) is 0 Å². The molecule has 0 aliphatic heterocycles. The zero-order valence-electron chi connectivity index (χ0n) is 14.3. The third-order valence-electron chi connectivity index (χ3n) is 3.79. The molecular weight excluding hydrogens is 395 g/mol. The fourth-order valence-corrected chi connectivity index (χ4v) is 3.20. The van der Waals surface area contributed by atoms with Crippen LogP contribution in [0.15, 0.2) is 59.6 Å². The number of non-ortho nitro benzene ring substituents is 1. The minimum absolute atomic E-state index is 0.0442. The largest absolute Gasteiger partial charge is 0.434 e. The van der Waals surface area contributed by atoms with Gasteiger partial charge in [-0.05, 0) is 43.0 Å². The third kappa shape index (κ3) is 4.06. The van der Waals surface area contributed by atoms with Crippen molar-refractivity contribution in [1.29, 1.82) is 0 Å². The predicted octanol–water partition coefficient (Wildman–Crippen LogP) is 5.04. The van der Waals surface area contributed by atoms with E-state index in [-0.39, 0.29) is 11.4 Å². The van der Waals surface area contributed by atoms with Crippen molar-refractivity contribution >= 4 is 22.6 Å². The van der Waals surface area contributed by atoms with Gasteiger partial charge in [-0.25, -0.2) is 4.68 Å². The van der Waals surface area contributed by atoms with E-state index in [0.29, 0.717) is 21.3 Å². The summed E-state index contributed by atoms with van der Waals surface area (Å²) in [4.78, 5) is 23.0. The lowest BCUT2D eigenvalue weighted by Crippen LogP contribution is -2.16. The Hall–Kier alpha value is -3.14. The quantitative estimate of drug-likeness (QED) is 0.344. The molecule has 0 aliphatic carbocycles. The normalized spacial score (nSPS) is 11.4. The van der Waals surface area contributed by atoms with Gasteiger partial charge < -0.3 is 0 Å². The Kier molecular flexibility index (Phi) is 5.23. The van der Waals surface area contributed by atoms with Crippen LogP contribution in [0, 0.1) is 17.0 Å². The van der Waals surface area contributed by atoms with Crippen LogP contribution in [-0.2, 0) is 6.18 Å². The molecule has 0 radical (unpaired) electrons. The highest BCUT2D eigenvalue weighted by molar-refractivity contribution is 8.14. The van der Waals surface area contributed by atoms with Gasteiger partial charge in [-0.1, -0.05) is 17.7 Å². The molecule has 10 heteroatoms. The maximum absolute atomic E-state index is 13.7. The van der Waals surface area contributed by atoms with Crippen molar-refractivity contribution in [2.24, 2.45) is 0 Å². The van der Waals surface area contributed by atoms with Crippen LogP contribution >= 0.6 is 11.8 Å². The minimum atomic E-state index is -4.85. The van der Waals surface area contributed by atoms with E-state index >= 15 is 0 Å². The van der Waals surface area contributed by atoms with Gasteiger partial charge in [0.15, 0.2) is 5.69 Å². The van der Waals surface area contributed by atoms with Gasteiger partial charge in [0.25, 0.3) is 5.69 Å². The van der Waals surface area contributed by atoms with E-state index in [4.69, 9.17) is 0 Å². The Morgan fingerprint density at radius 3 is 2.25 bits per heavy atom. The van der Waals surface area contributed by atoms with Gasteiger partial charge in [-0.15, -0.1) is 0 Å². The Morgan fingerprint density at radius 1 is 1.11 bits per heavy atom. The van der Waals surface area contributed by atoms with Crippen LogP contribution in [0.25, 0.3) is 5.69 Å². The van der Waals surface area contributed by atoms with Gasteiger partial charge in [0.2, 0.25) is 5.12 Å². The van der Waals surface area contributed by atoms with Crippen LogP contribution in [-0.4, -0.2) is 19.8 Å². The summed E-state index contributed by atoms with van der Waals surface area (Å²) in [6.45, 7) is 1.85. The topological polar surface area (TPSA) is 78.0 Å². The number of nitro groups is 1. The molecule has 28 heavy (non-hydrogen) atoms. The number of nitrogens with zero attached hydrogens (tertiary/aromatic N) is 3. The fourth-order valence-electron chi connectivity index (χ4n) is 2.45. The van der Waals surface area contributed by atoms with Crippen molar-refractivity contribution < 1.29 is 22.9 Å². The highest BCUT2D eigenvalue weighted by atomic mass is 32.2. The first-order valence-electron chi connectivity index (χ1n) is 7.85. The van der Waals surface area contributed by atoms with E-state index in [1.54, 1.807) is 24.3 Å². The molecule has 0 saturated carbocycles. The van der Waals surface area contributed by atoms with Crippen LogP contribution in [0.1, 0.15) is 21.6 Å². The van der Waals surface area contributed by atoms with Gasteiger partial charge in [0.05, 0.1) is 22.4 Å². The van der Waals surface area contributed by atoms with Crippen molar-refractivity contribution in [2.75, 3.05) is 0 Å². The van der Waals surface area contributed by atoms with Crippen molar-refractivity contribution in [3.8, 4) is 5.69 Å². The number of halogens is 3. The van der Waals surface area contributed by atoms with Crippen molar-refractivity contribution in [1.82, 2.24) is 9.78 Å². The summed E-state index contributed by atoms with van der Waals surface area (Å²) < 4.78 is 41.5. The molecule has 3 aromatic rings. The molecule has 2 aromatic carbocycles. The van der Waals surface area contributed by atoms with Crippen LogP contribution in [0.5, 0.6) is 0 Å². The first-order valence-corrected chi connectivity index (χ1v) is 8.67. The number of carbonyl (C=O) groups is 1. The summed E-state index contributed by atoms with van der Waals surface area (Å²) in [6.07, 6.45) is -4.00. The number of benzene rings is 2. The molecule has 6 nitrogen and oxygen atoms in total. The number of hydrogen-bond donors (Lipinski definition) is 0. The van der Waals surface area contributed by atoms with Crippen molar-refractivity contribution in [3.63, 3.8) is 0 Å². The number of thioether (sulfide) groups is 1. The zero-order valence-corrected chi connectivity index (χ0v) is 15.1. The summed E-state index contributed by atoms with van der Waals surface area (Å²) >= 11 is 0.669. The van der Waals surface area contributed by atoms with Crippen molar-refractivity contribution in [2.45, 2.75) is 18.0 Å². The highest BCUT2D eigenvalue weighted by Crippen LogP contribution is 2.36. The standard InChI is InChI=1S/C18H12F3N3O3S/c1-11-2-8-14(9-3-11)28-17(25)15-10-22-23(16(15)18(19,20)21)12-4-6-13(7-5-12)24(26)27/h2-10H,1H3. The van der Waals surface area contributed by atoms with E-state index in [0.717, 1.165) is 36.0 Å².